The predicted molar refractivity (Wildman–Crippen MR) is 129 cm³/mol. The molecule has 1 fully saturated rings. The molecule has 4 atom stereocenters. The third-order valence-electron chi connectivity index (χ3n) is 7.41. The van der Waals surface area contributed by atoms with Gasteiger partial charge in [-0.05, 0) is 56.3 Å². The molecule has 1 amide bonds. The number of phenolic OH excluding ortho intramolecular Hbond substituents is 1. The van der Waals surface area contributed by atoms with Crippen LogP contribution in [0, 0.1) is 11.8 Å². The van der Waals surface area contributed by atoms with Crippen LogP contribution in [0.25, 0.3) is 5.76 Å². The van der Waals surface area contributed by atoms with E-state index in [0.29, 0.717) is 22.4 Å². The maximum atomic E-state index is 13.8. The van der Waals surface area contributed by atoms with E-state index in [1.54, 1.807) is 20.2 Å². The summed E-state index contributed by atoms with van der Waals surface area (Å²) >= 11 is 1.46. The number of aliphatic hydroxyl groups excluding tert-OH is 2. The first-order valence-corrected chi connectivity index (χ1v) is 12.5. The van der Waals surface area contributed by atoms with E-state index >= 15 is 0 Å². The number of thioether (sulfide) groups is 1. The van der Waals surface area contributed by atoms with E-state index < -0.39 is 58.0 Å². The summed E-state index contributed by atoms with van der Waals surface area (Å²) in [6.07, 6.45) is 2.13. The van der Waals surface area contributed by atoms with Gasteiger partial charge in [0.1, 0.15) is 22.8 Å². The highest BCUT2D eigenvalue weighted by Gasteiger charge is 2.64. The minimum atomic E-state index is -2.65. The van der Waals surface area contributed by atoms with Gasteiger partial charge >= 0.3 is 0 Å². The number of amides is 1. The average molecular weight is 504 g/mol. The van der Waals surface area contributed by atoms with E-state index in [1.807, 2.05) is 6.26 Å². The van der Waals surface area contributed by atoms with E-state index in [1.165, 1.54) is 16.7 Å². The van der Waals surface area contributed by atoms with Crippen LogP contribution in [0.2, 0.25) is 0 Å². The first kappa shape index (κ1) is 25.2. The van der Waals surface area contributed by atoms with Crippen molar-refractivity contribution in [2.24, 2.45) is 23.3 Å². The zero-order chi connectivity index (χ0) is 26.0. The molecule has 8 N–H and O–H groups in total. The minimum absolute atomic E-state index is 0.0447. The maximum absolute atomic E-state index is 13.8. The van der Waals surface area contributed by atoms with Crippen LogP contribution in [-0.4, -0.2) is 74.8 Å². The standard InChI is InChI=1S/C24H29N3O7S/c1-27(2)17-13-6-9-5-12-10(7-25)4-11(8-35-3)18(28)15(12)19(29)14(9)21(31)24(13,34)22(32)16(20(17)30)23(26)33/h4,9,13,17,28-29,32,34H,5-8,25H2,1-3H3,(H2,26,33)/t9-,13-,17-,24-/m0/s1. The first-order chi connectivity index (χ1) is 16.4. The zero-order valence-electron chi connectivity index (χ0n) is 19.7. The zero-order valence-corrected chi connectivity index (χ0v) is 20.5. The molecule has 0 aliphatic heterocycles. The Balaban J connectivity index is 1.99. The lowest BCUT2D eigenvalue weighted by molar-refractivity contribution is -0.153. The summed E-state index contributed by atoms with van der Waals surface area (Å²) in [4.78, 5) is 40.4. The van der Waals surface area contributed by atoms with E-state index in [2.05, 4.69) is 0 Å². The molecule has 4 rings (SSSR count). The van der Waals surface area contributed by atoms with E-state index in [-0.39, 0.29) is 36.3 Å². The molecular weight excluding hydrogens is 474 g/mol. The molecule has 0 heterocycles. The molecule has 188 valence electrons. The summed E-state index contributed by atoms with van der Waals surface area (Å²) in [6, 6.07) is 0.670. The number of ketones is 2. The Morgan fingerprint density at radius 2 is 1.89 bits per heavy atom. The molecule has 1 aromatic carbocycles. The molecule has 0 aromatic heterocycles. The number of aliphatic hydroxyl groups is 3. The fourth-order valence-electron chi connectivity index (χ4n) is 5.90. The molecule has 0 unspecified atom stereocenters. The number of aromatic hydroxyl groups is 1. The molecule has 1 saturated carbocycles. The number of likely N-dealkylation sites (N-methyl/N-ethyl adjacent to an activating group) is 1. The van der Waals surface area contributed by atoms with Crippen LogP contribution in [0.1, 0.15) is 28.7 Å². The van der Waals surface area contributed by atoms with Crippen LogP contribution in [-0.2, 0) is 33.1 Å². The van der Waals surface area contributed by atoms with Gasteiger partial charge in [0.15, 0.2) is 11.4 Å². The van der Waals surface area contributed by atoms with Crippen molar-refractivity contribution in [2.75, 3.05) is 20.4 Å². The third-order valence-corrected chi connectivity index (χ3v) is 8.01. The molecule has 0 bridgehead atoms. The number of carbonyl (C=O) groups excluding carboxylic acids is 3. The monoisotopic (exact) mass is 503 g/mol. The van der Waals surface area contributed by atoms with Gasteiger partial charge in [0.25, 0.3) is 5.91 Å². The second kappa shape index (κ2) is 8.66. The normalized spacial score (nSPS) is 28.2. The lowest BCUT2D eigenvalue weighted by Crippen LogP contribution is -2.65. The lowest BCUT2D eigenvalue weighted by atomic mass is 9.57. The predicted octanol–water partition coefficient (Wildman–Crippen LogP) is 0.286. The molecule has 0 saturated heterocycles. The number of hydrogen-bond donors (Lipinski definition) is 6. The summed E-state index contributed by atoms with van der Waals surface area (Å²) in [7, 11) is 3.12. The van der Waals surface area contributed by atoms with Gasteiger partial charge in [-0.2, -0.15) is 11.8 Å². The van der Waals surface area contributed by atoms with Gasteiger partial charge < -0.3 is 31.9 Å². The van der Waals surface area contributed by atoms with Gasteiger partial charge in [-0.15, -0.1) is 0 Å². The topological polar surface area (TPSA) is 187 Å². The van der Waals surface area contributed by atoms with Crippen molar-refractivity contribution in [3.63, 3.8) is 0 Å². The number of Topliss-reactive ketones (excluding diaryl/α,β-unsaturated/α-hetero) is 2. The Labute approximate surface area is 206 Å². The number of carbonyl (C=O) groups is 3. The number of primary amides is 1. The largest absolute Gasteiger partial charge is 0.508 e. The van der Waals surface area contributed by atoms with E-state index in [9.17, 15) is 34.8 Å². The van der Waals surface area contributed by atoms with E-state index in [0.717, 1.165) is 0 Å². The lowest BCUT2D eigenvalue weighted by Gasteiger charge is -2.50. The maximum Gasteiger partial charge on any atom is 0.255 e. The van der Waals surface area contributed by atoms with Crippen LogP contribution < -0.4 is 11.5 Å². The first-order valence-electron chi connectivity index (χ1n) is 11.1. The number of hydrogen-bond acceptors (Lipinski definition) is 10. The molecule has 11 heteroatoms. The fourth-order valence-corrected chi connectivity index (χ4v) is 6.43. The van der Waals surface area contributed by atoms with Crippen molar-refractivity contribution in [2.45, 2.75) is 36.8 Å². The summed E-state index contributed by atoms with van der Waals surface area (Å²) in [6.45, 7) is 0.144. The molecule has 0 spiro atoms. The van der Waals surface area contributed by atoms with Crippen LogP contribution in [0.5, 0.6) is 5.75 Å². The van der Waals surface area contributed by atoms with Crippen molar-refractivity contribution in [3.05, 3.63) is 45.2 Å². The van der Waals surface area contributed by atoms with Crippen LogP contribution >= 0.6 is 11.8 Å². The molecule has 0 radical (unpaired) electrons. The number of phenols is 1. The van der Waals surface area contributed by atoms with Crippen molar-refractivity contribution in [1.82, 2.24) is 4.90 Å². The molecule has 1 aromatic rings. The molecule has 3 aliphatic rings. The Morgan fingerprint density at radius 1 is 1.23 bits per heavy atom. The number of nitrogens with zero attached hydrogens (tertiary/aromatic N) is 1. The summed E-state index contributed by atoms with van der Waals surface area (Å²) in [5, 5.41) is 44.7. The second-order valence-electron chi connectivity index (χ2n) is 9.50. The molecular formula is C24H29N3O7S. The quantitative estimate of drug-likeness (QED) is 0.305. The third kappa shape index (κ3) is 3.40. The van der Waals surface area contributed by atoms with Gasteiger partial charge in [0.05, 0.1) is 11.6 Å². The summed E-state index contributed by atoms with van der Waals surface area (Å²) < 4.78 is 0. The Kier molecular flexibility index (Phi) is 6.25. The number of rotatable bonds is 5. The highest BCUT2D eigenvalue weighted by Crippen LogP contribution is 2.53. The van der Waals surface area contributed by atoms with Crippen LogP contribution in [0.4, 0.5) is 0 Å². The number of nitrogens with two attached hydrogens (primary N) is 2. The van der Waals surface area contributed by atoms with Crippen molar-refractivity contribution < 1.29 is 34.8 Å². The van der Waals surface area contributed by atoms with Gasteiger partial charge in [-0.1, -0.05) is 0 Å². The van der Waals surface area contributed by atoms with Crippen molar-refractivity contribution in [1.29, 1.82) is 0 Å². The second-order valence-corrected chi connectivity index (χ2v) is 10.4. The highest BCUT2D eigenvalue weighted by atomic mass is 32.2. The van der Waals surface area contributed by atoms with Crippen LogP contribution in [0.15, 0.2) is 23.0 Å². The SMILES string of the molecule is CSCc1cc(CN)c2c(c1O)C(O)=C1C(=O)[C@]3(O)C(O)=C(C(N)=O)C(=O)[C@@H](N(C)C)[C@@H]3C[C@@H]1C2. The average Bonchev–Trinajstić information content (AvgIpc) is 2.77. The number of benzene rings is 1. The molecule has 10 nitrogen and oxygen atoms in total. The van der Waals surface area contributed by atoms with Crippen LogP contribution in [0.3, 0.4) is 0 Å². The Morgan fingerprint density at radius 3 is 2.43 bits per heavy atom. The highest BCUT2D eigenvalue weighted by molar-refractivity contribution is 7.97. The Bertz CT molecular complexity index is 1220. The summed E-state index contributed by atoms with van der Waals surface area (Å²) in [5.41, 5.74) is 9.58. The molecule has 35 heavy (non-hydrogen) atoms. The van der Waals surface area contributed by atoms with Crippen molar-refractivity contribution >= 4 is 35.0 Å². The fraction of sp³-hybridized carbons (Fsp3) is 0.458. The van der Waals surface area contributed by atoms with Gasteiger partial charge in [-0.3, -0.25) is 19.3 Å². The summed E-state index contributed by atoms with van der Waals surface area (Å²) in [5.74, 6) is -6.14. The van der Waals surface area contributed by atoms with Gasteiger partial charge in [0.2, 0.25) is 5.78 Å². The van der Waals surface area contributed by atoms with Gasteiger partial charge in [-0.25, -0.2) is 0 Å². The number of fused-ring (bicyclic) bond motifs is 3. The smallest absolute Gasteiger partial charge is 0.255 e. The minimum Gasteiger partial charge on any atom is -0.508 e. The molecule has 3 aliphatic carbocycles. The Hall–Kier alpha value is -2.86. The van der Waals surface area contributed by atoms with Crippen molar-refractivity contribution in [3.8, 4) is 5.75 Å². The van der Waals surface area contributed by atoms with Gasteiger partial charge in [0, 0.05) is 29.4 Å². The van der Waals surface area contributed by atoms with E-state index in [4.69, 9.17) is 11.5 Å².